The van der Waals surface area contributed by atoms with Gasteiger partial charge in [0.1, 0.15) is 12.5 Å². The molecule has 0 aliphatic carbocycles. The highest BCUT2D eigenvalue weighted by molar-refractivity contribution is 5.74. The van der Waals surface area contributed by atoms with Crippen LogP contribution in [0, 0.1) is 0 Å². The van der Waals surface area contributed by atoms with E-state index in [-0.39, 0.29) is 0 Å². The Bertz CT molecular complexity index is 355. The standard InChI is InChI=1S/C13H17NO2/c1-3-14(11(2)16)13-8-6-12(7-9-13)5-4-10-15/h4-11,16H,3H2,1-2H3/b5-4+. The molecule has 16 heavy (non-hydrogen) atoms. The number of carbonyl (C=O) groups excluding carboxylic acids is 1. The topological polar surface area (TPSA) is 40.5 Å². The first-order valence-corrected chi connectivity index (χ1v) is 5.35. The summed E-state index contributed by atoms with van der Waals surface area (Å²) in [4.78, 5) is 12.0. The van der Waals surface area contributed by atoms with Crippen molar-refractivity contribution in [3.63, 3.8) is 0 Å². The number of benzene rings is 1. The summed E-state index contributed by atoms with van der Waals surface area (Å²) < 4.78 is 0. The molecule has 0 spiro atoms. The number of anilines is 1. The van der Waals surface area contributed by atoms with Gasteiger partial charge in [-0.2, -0.15) is 0 Å². The van der Waals surface area contributed by atoms with Crippen LogP contribution in [0.15, 0.2) is 30.3 Å². The first-order chi connectivity index (χ1) is 7.69. The minimum Gasteiger partial charge on any atom is -0.374 e. The second-order valence-electron chi connectivity index (χ2n) is 3.50. The highest BCUT2D eigenvalue weighted by Crippen LogP contribution is 2.17. The van der Waals surface area contributed by atoms with Crippen molar-refractivity contribution >= 4 is 18.0 Å². The molecule has 1 unspecified atom stereocenters. The van der Waals surface area contributed by atoms with E-state index in [1.165, 1.54) is 6.08 Å². The van der Waals surface area contributed by atoms with Crippen LogP contribution in [0.1, 0.15) is 19.4 Å². The number of allylic oxidation sites excluding steroid dienone is 1. The van der Waals surface area contributed by atoms with E-state index in [1.54, 1.807) is 13.0 Å². The minimum atomic E-state index is -0.499. The molecule has 3 nitrogen and oxygen atoms in total. The molecule has 0 amide bonds. The third-order valence-electron chi connectivity index (χ3n) is 2.38. The van der Waals surface area contributed by atoms with Gasteiger partial charge in [-0.1, -0.05) is 18.2 Å². The maximum absolute atomic E-state index is 10.2. The van der Waals surface area contributed by atoms with E-state index < -0.39 is 6.23 Å². The van der Waals surface area contributed by atoms with E-state index in [9.17, 15) is 9.90 Å². The van der Waals surface area contributed by atoms with Crippen molar-refractivity contribution in [1.29, 1.82) is 0 Å². The summed E-state index contributed by atoms with van der Waals surface area (Å²) in [6.07, 6.45) is 3.46. The largest absolute Gasteiger partial charge is 0.374 e. The normalized spacial score (nSPS) is 12.7. The Kier molecular flexibility index (Phi) is 4.73. The van der Waals surface area contributed by atoms with Crippen LogP contribution in [0.4, 0.5) is 5.69 Å². The third kappa shape index (κ3) is 3.21. The van der Waals surface area contributed by atoms with Gasteiger partial charge < -0.3 is 10.0 Å². The van der Waals surface area contributed by atoms with Gasteiger partial charge in [0.15, 0.2) is 0 Å². The van der Waals surface area contributed by atoms with Gasteiger partial charge in [-0.15, -0.1) is 0 Å². The molecule has 3 heteroatoms. The Labute approximate surface area is 96.0 Å². The lowest BCUT2D eigenvalue weighted by atomic mass is 10.2. The van der Waals surface area contributed by atoms with Crippen molar-refractivity contribution in [2.75, 3.05) is 11.4 Å². The van der Waals surface area contributed by atoms with E-state index in [4.69, 9.17) is 0 Å². The van der Waals surface area contributed by atoms with Gasteiger partial charge in [0, 0.05) is 12.2 Å². The number of hydrogen-bond donors (Lipinski definition) is 1. The molecule has 1 aromatic rings. The van der Waals surface area contributed by atoms with Crippen LogP contribution in [0.2, 0.25) is 0 Å². The smallest absolute Gasteiger partial charge is 0.142 e. The number of carbonyl (C=O) groups is 1. The highest BCUT2D eigenvalue weighted by atomic mass is 16.3. The van der Waals surface area contributed by atoms with E-state index in [2.05, 4.69) is 0 Å². The fraction of sp³-hybridized carbons (Fsp3) is 0.308. The lowest BCUT2D eigenvalue weighted by molar-refractivity contribution is -0.104. The van der Waals surface area contributed by atoms with Gasteiger partial charge in [0.05, 0.1) is 0 Å². The summed E-state index contributed by atoms with van der Waals surface area (Å²) in [6.45, 7) is 4.48. The Morgan fingerprint density at radius 3 is 2.44 bits per heavy atom. The van der Waals surface area contributed by atoms with E-state index in [0.717, 1.165) is 24.1 Å². The van der Waals surface area contributed by atoms with Gasteiger partial charge in [-0.25, -0.2) is 0 Å². The molecule has 0 aromatic heterocycles. The summed E-state index contributed by atoms with van der Waals surface area (Å²) >= 11 is 0. The lowest BCUT2D eigenvalue weighted by Crippen LogP contribution is -2.32. The van der Waals surface area contributed by atoms with Crippen molar-refractivity contribution in [2.45, 2.75) is 20.1 Å². The molecule has 1 atom stereocenters. The summed E-state index contributed by atoms with van der Waals surface area (Å²) in [5, 5.41) is 9.54. The second-order valence-corrected chi connectivity index (χ2v) is 3.50. The first-order valence-electron chi connectivity index (χ1n) is 5.35. The first kappa shape index (κ1) is 12.5. The van der Waals surface area contributed by atoms with Crippen LogP contribution in [-0.4, -0.2) is 24.2 Å². The molecule has 0 saturated carbocycles. The number of hydrogen-bond acceptors (Lipinski definition) is 3. The number of aliphatic hydroxyl groups excluding tert-OH is 1. The number of aldehydes is 1. The molecule has 0 bridgehead atoms. The van der Waals surface area contributed by atoms with Gasteiger partial charge >= 0.3 is 0 Å². The fourth-order valence-corrected chi connectivity index (χ4v) is 1.59. The predicted molar refractivity (Wildman–Crippen MR) is 66.2 cm³/mol. The molecular formula is C13H17NO2. The lowest BCUT2D eigenvalue weighted by Gasteiger charge is -2.26. The van der Waals surface area contributed by atoms with Crippen LogP contribution >= 0.6 is 0 Å². The molecule has 0 saturated heterocycles. The van der Waals surface area contributed by atoms with Crippen molar-refractivity contribution in [2.24, 2.45) is 0 Å². The zero-order valence-corrected chi connectivity index (χ0v) is 9.63. The van der Waals surface area contributed by atoms with Crippen LogP contribution < -0.4 is 4.90 Å². The SMILES string of the molecule is CCN(c1ccc(/C=C/C=O)cc1)C(C)O. The van der Waals surface area contributed by atoms with Crippen molar-refractivity contribution in [3.05, 3.63) is 35.9 Å². The summed E-state index contributed by atoms with van der Waals surface area (Å²) in [5.41, 5.74) is 1.94. The average molecular weight is 219 g/mol. The van der Waals surface area contributed by atoms with E-state index in [1.807, 2.05) is 36.1 Å². The maximum atomic E-state index is 10.2. The zero-order chi connectivity index (χ0) is 12.0. The number of nitrogens with zero attached hydrogens (tertiary/aromatic N) is 1. The molecule has 0 aliphatic heterocycles. The molecule has 0 heterocycles. The van der Waals surface area contributed by atoms with Crippen molar-refractivity contribution < 1.29 is 9.90 Å². The molecule has 86 valence electrons. The molecule has 0 radical (unpaired) electrons. The molecular weight excluding hydrogens is 202 g/mol. The van der Waals surface area contributed by atoms with Gasteiger partial charge in [0.25, 0.3) is 0 Å². The maximum Gasteiger partial charge on any atom is 0.142 e. The average Bonchev–Trinajstić information content (AvgIpc) is 2.28. The monoisotopic (exact) mass is 219 g/mol. The summed E-state index contributed by atoms with van der Waals surface area (Å²) in [7, 11) is 0. The molecule has 0 fully saturated rings. The predicted octanol–water partition coefficient (Wildman–Crippen LogP) is 2.06. The van der Waals surface area contributed by atoms with Crippen LogP contribution in [0.3, 0.4) is 0 Å². The van der Waals surface area contributed by atoms with Gasteiger partial charge in [-0.05, 0) is 37.6 Å². The van der Waals surface area contributed by atoms with E-state index in [0.29, 0.717) is 0 Å². The zero-order valence-electron chi connectivity index (χ0n) is 9.63. The number of aliphatic hydroxyl groups is 1. The summed E-state index contributed by atoms with van der Waals surface area (Å²) in [5.74, 6) is 0. The Balaban J connectivity index is 2.84. The van der Waals surface area contributed by atoms with Crippen LogP contribution in [-0.2, 0) is 4.79 Å². The molecule has 1 rings (SSSR count). The van der Waals surface area contributed by atoms with E-state index >= 15 is 0 Å². The Morgan fingerprint density at radius 2 is 2.00 bits per heavy atom. The Hall–Kier alpha value is -1.61. The van der Waals surface area contributed by atoms with Gasteiger partial charge in [-0.3, -0.25) is 4.79 Å². The highest BCUT2D eigenvalue weighted by Gasteiger charge is 2.08. The third-order valence-corrected chi connectivity index (χ3v) is 2.38. The Morgan fingerprint density at radius 1 is 1.38 bits per heavy atom. The minimum absolute atomic E-state index is 0.499. The van der Waals surface area contributed by atoms with Crippen LogP contribution in [0.25, 0.3) is 6.08 Å². The number of rotatable bonds is 5. The quantitative estimate of drug-likeness (QED) is 0.468. The second kappa shape index (κ2) is 6.08. The molecule has 1 aromatic carbocycles. The summed E-state index contributed by atoms with van der Waals surface area (Å²) in [6, 6.07) is 7.70. The van der Waals surface area contributed by atoms with Crippen molar-refractivity contribution in [1.82, 2.24) is 0 Å². The fourth-order valence-electron chi connectivity index (χ4n) is 1.59. The van der Waals surface area contributed by atoms with Crippen molar-refractivity contribution in [3.8, 4) is 0 Å². The molecule has 0 aliphatic rings. The molecule has 1 N–H and O–H groups in total. The van der Waals surface area contributed by atoms with Gasteiger partial charge in [0.2, 0.25) is 0 Å². The van der Waals surface area contributed by atoms with Crippen LogP contribution in [0.5, 0.6) is 0 Å².